The number of nitrogens with two attached hydrogens (primary N) is 1. The number of benzene rings is 2. The molecule has 5 heteroatoms. The van der Waals surface area contributed by atoms with E-state index in [1.807, 2.05) is 30.3 Å². The van der Waals surface area contributed by atoms with E-state index in [4.69, 9.17) is 5.73 Å². The molecule has 1 heterocycles. The number of nitrogens with zero attached hydrogens (tertiary/aromatic N) is 2. The summed E-state index contributed by atoms with van der Waals surface area (Å²) in [5, 5.41) is 21.6. The Bertz CT molecular complexity index is 793. The Labute approximate surface area is 122 Å². The number of hydrogen-bond donors (Lipinski definition) is 3. The number of H-pyrrole nitrogens is 1. The molecule has 2 aromatic carbocycles. The van der Waals surface area contributed by atoms with Gasteiger partial charge < -0.3 is 10.8 Å². The second-order valence-corrected chi connectivity index (χ2v) is 4.76. The maximum atomic E-state index is 10.6. The van der Waals surface area contributed by atoms with Crippen LogP contribution in [0.1, 0.15) is 11.1 Å². The lowest BCUT2D eigenvalue weighted by atomic mass is 9.93. The Balaban J connectivity index is 2.41. The third kappa shape index (κ3) is 2.08. The Morgan fingerprint density at radius 3 is 2.52 bits per heavy atom. The molecule has 0 spiro atoms. The van der Waals surface area contributed by atoms with E-state index in [9.17, 15) is 5.11 Å². The van der Waals surface area contributed by atoms with Gasteiger partial charge in [-0.1, -0.05) is 36.4 Å². The molecule has 0 unspecified atom stereocenters. The van der Waals surface area contributed by atoms with Crippen LogP contribution in [0.2, 0.25) is 0 Å². The highest BCUT2D eigenvalue weighted by atomic mass is 16.3. The van der Waals surface area contributed by atoms with Crippen LogP contribution in [0.25, 0.3) is 22.2 Å². The van der Waals surface area contributed by atoms with Crippen LogP contribution >= 0.6 is 0 Å². The lowest BCUT2D eigenvalue weighted by Gasteiger charge is -2.14. The smallest absolute Gasteiger partial charge is 0.126 e. The van der Waals surface area contributed by atoms with Crippen molar-refractivity contribution in [2.24, 2.45) is 5.73 Å². The molecule has 106 valence electrons. The third-order valence-electron chi connectivity index (χ3n) is 3.56. The molecule has 0 amide bonds. The monoisotopic (exact) mass is 280 g/mol. The van der Waals surface area contributed by atoms with Crippen molar-refractivity contribution >= 4 is 11.0 Å². The van der Waals surface area contributed by atoms with Crippen molar-refractivity contribution in [1.29, 1.82) is 0 Å². The normalized spacial score (nSPS) is 10.9. The average Bonchev–Trinajstić information content (AvgIpc) is 2.99. The first-order valence-corrected chi connectivity index (χ1v) is 6.71. The molecule has 3 aromatic rings. The van der Waals surface area contributed by atoms with E-state index in [0.29, 0.717) is 23.1 Å². The molecule has 0 fully saturated rings. The molecule has 4 N–H and O–H groups in total. The zero-order valence-electron chi connectivity index (χ0n) is 11.5. The van der Waals surface area contributed by atoms with Gasteiger partial charge in [0.25, 0.3) is 0 Å². The molecule has 0 aliphatic carbocycles. The number of hydrogen-bond acceptors (Lipinski definition) is 4. The quantitative estimate of drug-likeness (QED) is 0.641. The lowest BCUT2D eigenvalue weighted by Crippen LogP contribution is -2.03. The van der Waals surface area contributed by atoms with E-state index in [0.717, 1.165) is 16.6 Å². The van der Waals surface area contributed by atoms with Gasteiger partial charge in [-0.05, 0) is 12.0 Å². The van der Waals surface area contributed by atoms with Crippen LogP contribution in [0.3, 0.4) is 0 Å². The van der Waals surface area contributed by atoms with Gasteiger partial charge in [-0.3, -0.25) is 0 Å². The van der Waals surface area contributed by atoms with Crippen LogP contribution in [0, 0.1) is 0 Å². The van der Waals surface area contributed by atoms with Crippen molar-refractivity contribution < 1.29 is 5.11 Å². The van der Waals surface area contributed by atoms with Crippen LogP contribution < -0.4 is 5.73 Å². The van der Waals surface area contributed by atoms with Gasteiger partial charge in [0.05, 0.1) is 0 Å². The topological polar surface area (TPSA) is 87.8 Å². The number of rotatable bonds is 4. The number of fused-ring (bicyclic) bond motifs is 1. The molecule has 21 heavy (non-hydrogen) atoms. The minimum atomic E-state index is 0.178. The number of aromatic amines is 1. The Hall–Kier alpha value is -2.66. The van der Waals surface area contributed by atoms with Crippen LogP contribution in [0.4, 0.5) is 0 Å². The molecule has 0 atom stereocenters. The molecule has 0 bridgehead atoms. The fourth-order valence-corrected chi connectivity index (χ4v) is 2.62. The van der Waals surface area contributed by atoms with Crippen molar-refractivity contribution in [3.05, 3.63) is 54.1 Å². The third-order valence-corrected chi connectivity index (χ3v) is 3.56. The number of aromatic hydroxyl groups is 1. The standard InChI is InChI=1S/C16H16N4O/c1-2-6-11-14-15(19-20-18-14)13(12(9-17)16(11)21)10-7-4-3-5-8-10/h2-5,7-8,21H,1,6,9,17H2,(H,18,19,20). The second kappa shape index (κ2) is 5.38. The van der Waals surface area contributed by atoms with Crippen LogP contribution in [-0.4, -0.2) is 20.5 Å². The highest BCUT2D eigenvalue weighted by Crippen LogP contribution is 2.39. The van der Waals surface area contributed by atoms with E-state index in [1.54, 1.807) is 6.08 Å². The minimum absolute atomic E-state index is 0.178. The summed E-state index contributed by atoms with van der Waals surface area (Å²) in [6.45, 7) is 3.95. The summed E-state index contributed by atoms with van der Waals surface area (Å²) >= 11 is 0. The van der Waals surface area contributed by atoms with Crippen molar-refractivity contribution in [3.63, 3.8) is 0 Å². The maximum Gasteiger partial charge on any atom is 0.126 e. The molecule has 0 saturated heterocycles. The molecule has 0 radical (unpaired) electrons. The van der Waals surface area contributed by atoms with E-state index >= 15 is 0 Å². The van der Waals surface area contributed by atoms with Gasteiger partial charge >= 0.3 is 0 Å². The van der Waals surface area contributed by atoms with Gasteiger partial charge in [0.2, 0.25) is 0 Å². The Morgan fingerprint density at radius 1 is 1.14 bits per heavy atom. The van der Waals surface area contributed by atoms with Crippen LogP contribution in [0.5, 0.6) is 5.75 Å². The van der Waals surface area contributed by atoms with Crippen molar-refractivity contribution in [2.75, 3.05) is 0 Å². The zero-order chi connectivity index (χ0) is 14.8. The fraction of sp³-hybridized carbons (Fsp3) is 0.125. The van der Waals surface area contributed by atoms with Gasteiger partial charge in [0.1, 0.15) is 16.8 Å². The highest BCUT2D eigenvalue weighted by Gasteiger charge is 2.21. The van der Waals surface area contributed by atoms with E-state index in [1.165, 1.54) is 0 Å². The summed E-state index contributed by atoms with van der Waals surface area (Å²) in [7, 11) is 0. The zero-order valence-corrected chi connectivity index (χ0v) is 11.5. The number of phenols is 1. The predicted octanol–water partition coefficient (Wildman–Crippen LogP) is 2.52. The number of phenolic OH excluding ortho intramolecular Hbond substituents is 1. The van der Waals surface area contributed by atoms with Crippen molar-refractivity contribution in [1.82, 2.24) is 15.4 Å². The van der Waals surface area contributed by atoms with E-state index in [-0.39, 0.29) is 12.3 Å². The molecule has 0 aliphatic rings. The summed E-state index contributed by atoms with van der Waals surface area (Å²) in [5.41, 5.74) is 10.4. The summed E-state index contributed by atoms with van der Waals surface area (Å²) in [6.07, 6.45) is 2.24. The second-order valence-electron chi connectivity index (χ2n) is 4.76. The van der Waals surface area contributed by atoms with Crippen molar-refractivity contribution in [2.45, 2.75) is 13.0 Å². The lowest BCUT2D eigenvalue weighted by molar-refractivity contribution is 0.464. The van der Waals surface area contributed by atoms with Gasteiger partial charge in [-0.2, -0.15) is 15.4 Å². The van der Waals surface area contributed by atoms with E-state index in [2.05, 4.69) is 22.0 Å². The number of allylic oxidation sites excluding steroid dienone is 1. The first-order chi connectivity index (χ1) is 10.3. The summed E-state index contributed by atoms with van der Waals surface area (Å²) in [6, 6.07) is 9.76. The highest BCUT2D eigenvalue weighted by molar-refractivity contribution is 5.97. The van der Waals surface area contributed by atoms with Crippen molar-refractivity contribution in [3.8, 4) is 16.9 Å². The molecule has 0 aliphatic heterocycles. The molecule has 0 saturated carbocycles. The van der Waals surface area contributed by atoms with Crippen LogP contribution in [-0.2, 0) is 13.0 Å². The summed E-state index contributed by atoms with van der Waals surface area (Å²) in [4.78, 5) is 0. The molecular formula is C16H16N4O. The SMILES string of the molecule is C=CCc1c(O)c(CN)c(-c2ccccc2)c2n[nH]nc12. The average molecular weight is 280 g/mol. The Morgan fingerprint density at radius 2 is 1.86 bits per heavy atom. The summed E-state index contributed by atoms with van der Waals surface area (Å²) in [5.74, 6) is 0.178. The van der Waals surface area contributed by atoms with Gasteiger partial charge in [-0.15, -0.1) is 6.58 Å². The minimum Gasteiger partial charge on any atom is -0.507 e. The number of nitrogens with one attached hydrogen (secondary N) is 1. The van der Waals surface area contributed by atoms with Gasteiger partial charge in [0, 0.05) is 23.2 Å². The molecule has 5 nitrogen and oxygen atoms in total. The fourth-order valence-electron chi connectivity index (χ4n) is 2.62. The molecule has 1 aromatic heterocycles. The first kappa shape index (κ1) is 13.3. The van der Waals surface area contributed by atoms with Gasteiger partial charge in [-0.25, -0.2) is 0 Å². The number of aromatic nitrogens is 3. The Kier molecular flexibility index (Phi) is 3.41. The maximum absolute atomic E-state index is 10.6. The van der Waals surface area contributed by atoms with Gasteiger partial charge in [0.15, 0.2) is 0 Å². The molecular weight excluding hydrogens is 264 g/mol. The predicted molar refractivity (Wildman–Crippen MR) is 82.8 cm³/mol. The molecule has 3 rings (SSSR count). The van der Waals surface area contributed by atoms with Crippen LogP contribution in [0.15, 0.2) is 43.0 Å². The largest absolute Gasteiger partial charge is 0.507 e. The van der Waals surface area contributed by atoms with E-state index < -0.39 is 0 Å². The first-order valence-electron chi connectivity index (χ1n) is 6.71. The summed E-state index contributed by atoms with van der Waals surface area (Å²) < 4.78 is 0.